The second-order valence-electron chi connectivity index (χ2n) is 8.37. The highest BCUT2D eigenvalue weighted by molar-refractivity contribution is 9.10. The monoisotopic (exact) mass is 487 g/mol. The van der Waals surface area contributed by atoms with Gasteiger partial charge in [0.05, 0.1) is 17.0 Å². The second kappa shape index (κ2) is 9.31. The summed E-state index contributed by atoms with van der Waals surface area (Å²) in [7, 11) is 0. The van der Waals surface area contributed by atoms with Crippen molar-refractivity contribution in [3.8, 4) is 5.88 Å². The lowest BCUT2D eigenvalue weighted by Gasteiger charge is -2.26. The fraction of sp³-hybridized carbons (Fsp3) is 0.222. The van der Waals surface area contributed by atoms with Crippen LogP contribution in [0, 0.1) is 0 Å². The van der Waals surface area contributed by atoms with Crippen LogP contribution in [0.1, 0.15) is 36.0 Å². The summed E-state index contributed by atoms with van der Waals surface area (Å²) < 4.78 is 0.958. The molecule has 0 spiro atoms. The summed E-state index contributed by atoms with van der Waals surface area (Å²) in [5.41, 5.74) is 5.48. The molecule has 1 fully saturated rings. The molecule has 1 saturated heterocycles. The maximum Gasteiger partial charge on any atom is 0.199 e. The number of hydrogen-bond acceptors (Lipinski definition) is 3. The fourth-order valence-electron chi connectivity index (χ4n) is 4.43. The molecule has 32 heavy (non-hydrogen) atoms. The van der Waals surface area contributed by atoms with Gasteiger partial charge in [0.25, 0.3) is 0 Å². The van der Waals surface area contributed by atoms with E-state index in [1.807, 2.05) is 48.5 Å². The van der Waals surface area contributed by atoms with Crippen molar-refractivity contribution in [2.75, 3.05) is 13.1 Å². The zero-order chi connectivity index (χ0) is 21.9. The Morgan fingerprint density at radius 1 is 0.938 bits per heavy atom. The minimum absolute atomic E-state index is 0.127. The first-order chi connectivity index (χ1) is 15.7. The van der Waals surface area contributed by atoms with E-state index in [9.17, 15) is 5.11 Å². The number of nitrogens with one attached hydrogen (secondary N) is 1. The van der Waals surface area contributed by atoms with Gasteiger partial charge in [0.2, 0.25) is 0 Å². The number of aromatic nitrogens is 1. The zero-order valence-corrected chi connectivity index (χ0v) is 19.5. The molecule has 2 N–H and O–H groups in total. The Bertz CT molecular complexity index is 1240. The van der Waals surface area contributed by atoms with Crippen LogP contribution in [0.5, 0.6) is 5.88 Å². The molecule has 0 atom stereocenters. The topological polar surface area (TPSA) is 51.6 Å². The summed E-state index contributed by atoms with van der Waals surface area (Å²) in [5, 5.41) is 11.7. The lowest BCUT2D eigenvalue weighted by molar-refractivity contribution is 0.221. The highest BCUT2D eigenvalue weighted by atomic mass is 79.9. The van der Waals surface area contributed by atoms with Gasteiger partial charge in [0, 0.05) is 27.5 Å². The Kier molecular flexibility index (Phi) is 6.10. The molecule has 5 rings (SSSR count). The molecule has 0 amide bonds. The molecule has 2 heterocycles. The number of aliphatic imine (C=N–C) groups is 1. The number of piperidine rings is 1. The number of nitrogens with zero attached hydrogens (tertiary/aromatic N) is 2. The van der Waals surface area contributed by atoms with Crippen LogP contribution in [0.2, 0.25) is 0 Å². The number of fused-ring (bicyclic) bond motifs is 1. The molecule has 4 nitrogen and oxygen atoms in total. The average Bonchev–Trinajstić information content (AvgIpc) is 3.14. The van der Waals surface area contributed by atoms with Crippen LogP contribution >= 0.6 is 15.9 Å². The van der Waals surface area contributed by atoms with E-state index in [2.05, 4.69) is 50.1 Å². The van der Waals surface area contributed by atoms with Crippen molar-refractivity contribution in [2.24, 2.45) is 4.99 Å². The largest absolute Gasteiger partial charge is 0.494 e. The van der Waals surface area contributed by atoms with Crippen molar-refractivity contribution in [1.29, 1.82) is 0 Å². The number of aromatic hydroxyl groups is 1. The summed E-state index contributed by atoms with van der Waals surface area (Å²) in [4.78, 5) is 10.6. The first-order valence-corrected chi connectivity index (χ1v) is 11.9. The van der Waals surface area contributed by atoms with E-state index in [0.717, 1.165) is 38.9 Å². The summed E-state index contributed by atoms with van der Waals surface area (Å²) in [6.07, 6.45) is 3.95. The molecular weight excluding hydrogens is 462 g/mol. The predicted octanol–water partition coefficient (Wildman–Crippen LogP) is 6.79. The predicted molar refractivity (Wildman–Crippen MR) is 135 cm³/mol. The SMILES string of the molecule is Oc1[nH]c2ccc(Br)cc2c1C(=Nc1ccc(CN2CCCCC2)cc1)c1ccccc1. The van der Waals surface area contributed by atoms with Crippen LogP contribution in [-0.4, -0.2) is 33.8 Å². The lowest BCUT2D eigenvalue weighted by atomic mass is 10.0. The standard InChI is InChI=1S/C27H26BrN3O/c28-21-11-14-24-23(17-21)25(27(32)30-24)26(20-7-3-1-4-8-20)29-22-12-9-19(10-13-22)18-31-15-5-2-6-16-31/h1,3-4,7-14,17,30,32H,2,5-6,15-16,18H2. The van der Waals surface area contributed by atoms with Crippen LogP contribution in [0.3, 0.4) is 0 Å². The number of benzene rings is 3. The molecule has 0 radical (unpaired) electrons. The van der Waals surface area contributed by atoms with Crippen molar-refractivity contribution >= 4 is 38.2 Å². The number of halogens is 1. The lowest BCUT2D eigenvalue weighted by Crippen LogP contribution is -2.28. The summed E-state index contributed by atoms with van der Waals surface area (Å²) in [6, 6.07) is 24.5. The van der Waals surface area contributed by atoms with E-state index < -0.39 is 0 Å². The molecule has 0 saturated carbocycles. The van der Waals surface area contributed by atoms with Crippen LogP contribution in [0.4, 0.5) is 5.69 Å². The van der Waals surface area contributed by atoms with Gasteiger partial charge in [-0.25, -0.2) is 4.99 Å². The van der Waals surface area contributed by atoms with Crippen molar-refractivity contribution < 1.29 is 5.11 Å². The molecule has 3 aromatic carbocycles. The highest BCUT2D eigenvalue weighted by Crippen LogP contribution is 2.33. The van der Waals surface area contributed by atoms with Gasteiger partial charge in [0.15, 0.2) is 5.88 Å². The number of likely N-dealkylation sites (tertiary alicyclic amines) is 1. The van der Waals surface area contributed by atoms with Gasteiger partial charge in [-0.2, -0.15) is 0 Å². The van der Waals surface area contributed by atoms with Crippen molar-refractivity contribution in [2.45, 2.75) is 25.8 Å². The molecular formula is C27H26BrN3O. The normalized spacial score (nSPS) is 15.3. The summed E-state index contributed by atoms with van der Waals surface area (Å²) in [6.45, 7) is 3.37. The molecule has 5 heteroatoms. The van der Waals surface area contributed by atoms with E-state index in [-0.39, 0.29) is 5.88 Å². The van der Waals surface area contributed by atoms with Gasteiger partial charge in [-0.05, 0) is 61.8 Å². The maximum atomic E-state index is 10.8. The fourth-order valence-corrected chi connectivity index (χ4v) is 4.79. The third-order valence-electron chi connectivity index (χ3n) is 6.06. The Morgan fingerprint density at radius 2 is 1.69 bits per heavy atom. The first kappa shape index (κ1) is 21.0. The van der Waals surface area contributed by atoms with Gasteiger partial charge in [-0.1, -0.05) is 64.8 Å². The molecule has 0 unspecified atom stereocenters. The Labute approximate surface area is 196 Å². The molecule has 4 aromatic rings. The number of aromatic amines is 1. The zero-order valence-electron chi connectivity index (χ0n) is 17.9. The summed E-state index contributed by atoms with van der Waals surface area (Å²) in [5.74, 6) is 0.127. The quantitative estimate of drug-likeness (QED) is 0.304. The van der Waals surface area contributed by atoms with Gasteiger partial charge in [-0.3, -0.25) is 4.90 Å². The molecule has 1 aliphatic rings. The molecule has 1 aliphatic heterocycles. The molecule has 0 aliphatic carbocycles. The third-order valence-corrected chi connectivity index (χ3v) is 6.55. The molecule has 0 bridgehead atoms. The number of H-pyrrole nitrogens is 1. The van der Waals surface area contributed by atoms with E-state index in [0.29, 0.717) is 5.56 Å². The van der Waals surface area contributed by atoms with Crippen LogP contribution in [0.15, 0.2) is 82.3 Å². The van der Waals surface area contributed by atoms with E-state index in [1.54, 1.807) is 0 Å². The third kappa shape index (κ3) is 4.50. The van der Waals surface area contributed by atoms with Gasteiger partial charge in [-0.15, -0.1) is 0 Å². The first-order valence-electron chi connectivity index (χ1n) is 11.1. The van der Waals surface area contributed by atoms with Gasteiger partial charge >= 0.3 is 0 Å². The molecule has 1 aromatic heterocycles. The van der Waals surface area contributed by atoms with Gasteiger partial charge in [0.1, 0.15) is 0 Å². The molecule has 162 valence electrons. The van der Waals surface area contributed by atoms with Crippen molar-refractivity contribution in [1.82, 2.24) is 9.88 Å². The second-order valence-corrected chi connectivity index (χ2v) is 9.28. The maximum absolute atomic E-state index is 10.8. The van der Waals surface area contributed by atoms with Crippen LogP contribution < -0.4 is 0 Å². The van der Waals surface area contributed by atoms with E-state index >= 15 is 0 Å². The Hall–Kier alpha value is -2.89. The van der Waals surface area contributed by atoms with E-state index in [4.69, 9.17) is 4.99 Å². The highest BCUT2D eigenvalue weighted by Gasteiger charge is 2.19. The minimum Gasteiger partial charge on any atom is -0.494 e. The number of rotatable bonds is 5. The average molecular weight is 488 g/mol. The number of hydrogen-bond donors (Lipinski definition) is 2. The minimum atomic E-state index is 0.127. The Balaban J connectivity index is 1.54. The Morgan fingerprint density at radius 3 is 2.44 bits per heavy atom. The van der Waals surface area contributed by atoms with Crippen molar-refractivity contribution in [3.05, 3.63) is 94.0 Å². The van der Waals surface area contributed by atoms with Crippen LogP contribution in [-0.2, 0) is 6.54 Å². The van der Waals surface area contributed by atoms with E-state index in [1.165, 1.54) is 37.9 Å². The van der Waals surface area contributed by atoms with Crippen LogP contribution in [0.25, 0.3) is 10.9 Å². The smallest absolute Gasteiger partial charge is 0.199 e. The summed E-state index contributed by atoms with van der Waals surface area (Å²) >= 11 is 3.56. The van der Waals surface area contributed by atoms with Gasteiger partial charge < -0.3 is 10.1 Å². The van der Waals surface area contributed by atoms with Crippen molar-refractivity contribution in [3.63, 3.8) is 0 Å².